The third-order valence-electron chi connectivity index (χ3n) is 2.16. The van der Waals surface area contributed by atoms with Crippen LogP contribution in [0.3, 0.4) is 0 Å². The molecule has 1 aliphatic heterocycles. The highest BCUT2D eigenvalue weighted by Gasteiger charge is 2.40. The van der Waals surface area contributed by atoms with E-state index in [2.05, 4.69) is 19.2 Å². The number of carbonyl (C=O) groups is 1. The Morgan fingerprint density at radius 2 is 2.33 bits per heavy atom. The highest BCUT2D eigenvalue weighted by atomic mass is 32.2. The maximum absolute atomic E-state index is 11.1. The lowest BCUT2D eigenvalue weighted by atomic mass is 10.0. The van der Waals surface area contributed by atoms with Crippen molar-refractivity contribution in [3.63, 3.8) is 0 Å². The smallest absolute Gasteiger partial charge is 0.248 e. The molecule has 1 saturated heterocycles. The molecule has 1 amide bonds. The maximum atomic E-state index is 11.1. The minimum atomic E-state index is -0.897. The normalized spacial score (nSPS) is 28.8. The van der Waals surface area contributed by atoms with Gasteiger partial charge in [-0.25, -0.2) is 0 Å². The van der Waals surface area contributed by atoms with Gasteiger partial charge in [0.25, 0.3) is 0 Å². The van der Waals surface area contributed by atoms with E-state index < -0.39 is 6.10 Å². The fraction of sp³-hybridized carbons (Fsp3) is 0.875. The van der Waals surface area contributed by atoms with Gasteiger partial charge in [0.2, 0.25) is 5.91 Å². The van der Waals surface area contributed by atoms with Crippen molar-refractivity contribution in [3.05, 3.63) is 0 Å². The van der Waals surface area contributed by atoms with Gasteiger partial charge in [-0.3, -0.25) is 4.79 Å². The van der Waals surface area contributed by atoms with E-state index in [1.165, 1.54) is 6.92 Å². The van der Waals surface area contributed by atoms with Crippen molar-refractivity contribution in [3.8, 4) is 0 Å². The largest absolute Gasteiger partial charge is 0.384 e. The zero-order valence-electron chi connectivity index (χ0n) is 7.63. The molecule has 0 aromatic heterocycles. The first-order valence-corrected chi connectivity index (χ1v) is 5.04. The monoisotopic (exact) mass is 189 g/mol. The number of carbonyl (C=O) groups excluding carboxylic acids is 1. The lowest BCUT2D eigenvalue weighted by Crippen LogP contribution is -2.57. The molecule has 0 aromatic carbocycles. The number of hydrogen-bond acceptors (Lipinski definition) is 3. The summed E-state index contributed by atoms with van der Waals surface area (Å²) in [4.78, 5) is 11.1. The fourth-order valence-electron chi connectivity index (χ4n) is 1.01. The molecule has 70 valence electrons. The van der Waals surface area contributed by atoms with Crippen molar-refractivity contribution in [2.24, 2.45) is 0 Å². The zero-order valence-corrected chi connectivity index (χ0v) is 8.44. The van der Waals surface area contributed by atoms with Crippen LogP contribution in [-0.4, -0.2) is 33.7 Å². The van der Waals surface area contributed by atoms with Crippen molar-refractivity contribution in [2.75, 3.05) is 5.75 Å². The van der Waals surface area contributed by atoms with Gasteiger partial charge in [-0.2, -0.15) is 11.8 Å². The van der Waals surface area contributed by atoms with E-state index >= 15 is 0 Å². The van der Waals surface area contributed by atoms with Crippen LogP contribution < -0.4 is 5.32 Å². The molecule has 2 atom stereocenters. The van der Waals surface area contributed by atoms with E-state index in [-0.39, 0.29) is 16.7 Å². The first kappa shape index (κ1) is 9.86. The van der Waals surface area contributed by atoms with E-state index in [9.17, 15) is 4.79 Å². The number of nitrogens with one attached hydrogen (secondary N) is 1. The predicted octanol–water partition coefficient (Wildman–Crippen LogP) is 0.377. The molecule has 1 rings (SSSR count). The van der Waals surface area contributed by atoms with Crippen molar-refractivity contribution >= 4 is 17.7 Å². The zero-order chi connectivity index (χ0) is 9.35. The number of thioether (sulfide) groups is 1. The van der Waals surface area contributed by atoms with Crippen LogP contribution in [0.25, 0.3) is 0 Å². The standard InChI is InChI=1S/C8H15NO2S/c1-5(10)7(11)9-6-4-12-8(6,2)3/h5-6,10H,4H2,1-3H3,(H,9,11)/t5-,6?/m1/s1. The van der Waals surface area contributed by atoms with Gasteiger partial charge in [0.1, 0.15) is 6.10 Å². The Morgan fingerprint density at radius 1 is 1.75 bits per heavy atom. The van der Waals surface area contributed by atoms with Gasteiger partial charge in [-0.1, -0.05) is 0 Å². The summed E-state index contributed by atoms with van der Waals surface area (Å²) < 4.78 is 0.130. The van der Waals surface area contributed by atoms with Crippen LogP contribution in [0.1, 0.15) is 20.8 Å². The lowest BCUT2D eigenvalue weighted by Gasteiger charge is -2.44. The first-order valence-electron chi connectivity index (χ1n) is 4.06. The molecule has 0 bridgehead atoms. The highest BCUT2D eigenvalue weighted by Crippen LogP contribution is 2.39. The van der Waals surface area contributed by atoms with Gasteiger partial charge in [0.05, 0.1) is 6.04 Å². The number of aliphatic hydroxyl groups is 1. The molecule has 0 radical (unpaired) electrons. The predicted molar refractivity (Wildman–Crippen MR) is 50.1 cm³/mol. The summed E-state index contributed by atoms with van der Waals surface area (Å²) in [5.41, 5.74) is 0. The average Bonchev–Trinajstić information content (AvgIpc) is 1.97. The third kappa shape index (κ3) is 1.93. The average molecular weight is 189 g/mol. The van der Waals surface area contributed by atoms with Crippen LogP contribution >= 0.6 is 11.8 Å². The van der Waals surface area contributed by atoms with Crippen LogP contribution in [0, 0.1) is 0 Å². The molecule has 1 fully saturated rings. The second-order valence-corrected chi connectivity index (χ2v) is 5.33. The third-order valence-corrected chi connectivity index (χ3v) is 3.69. The fourth-order valence-corrected chi connectivity index (χ4v) is 2.15. The minimum Gasteiger partial charge on any atom is -0.384 e. The summed E-state index contributed by atoms with van der Waals surface area (Å²) in [6.45, 7) is 5.66. The molecular weight excluding hydrogens is 174 g/mol. The van der Waals surface area contributed by atoms with Crippen LogP contribution in [0.4, 0.5) is 0 Å². The Bertz CT molecular complexity index is 191. The second kappa shape index (κ2) is 3.26. The van der Waals surface area contributed by atoms with Crippen LogP contribution in [0.2, 0.25) is 0 Å². The van der Waals surface area contributed by atoms with Gasteiger partial charge >= 0.3 is 0 Å². The Hall–Kier alpha value is -0.220. The van der Waals surface area contributed by atoms with E-state index in [0.29, 0.717) is 0 Å². The van der Waals surface area contributed by atoms with E-state index in [4.69, 9.17) is 5.11 Å². The summed E-state index contributed by atoms with van der Waals surface area (Å²) in [7, 11) is 0. The number of rotatable bonds is 2. The van der Waals surface area contributed by atoms with Gasteiger partial charge in [0, 0.05) is 10.5 Å². The van der Waals surface area contributed by atoms with Crippen LogP contribution in [0.5, 0.6) is 0 Å². The minimum absolute atomic E-state index is 0.130. The van der Waals surface area contributed by atoms with E-state index in [1.807, 2.05) is 11.8 Å². The first-order chi connectivity index (χ1) is 5.43. The number of amides is 1. The molecular formula is C8H15NO2S. The van der Waals surface area contributed by atoms with Crippen LogP contribution in [-0.2, 0) is 4.79 Å². The van der Waals surface area contributed by atoms with E-state index in [1.54, 1.807) is 0 Å². The van der Waals surface area contributed by atoms with Crippen molar-refractivity contribution in [2.45, 2.75) is 37.7 Å². The molecule has 0 spiro atoms. The summed E-state index contributed by atoms with van der Waals surface area (Å²) >= 11 is 1.83. The van der Waals surface area contributed by atoms with Gasteiger partial charge < -0.3 is 10.4 Å². The molecule has 4 heteroatoms. The van der Waals surface area contributed by atoms with E-state index in [0.717, 1.165) is 5.75 Å². The van der Waals surface area contributed by atoms with Crippen molar-refractivity contribution < 1.29 is 9.90 Å². The maximum Gasteiger partial charge on any atom is 0.248 e. The Labute approximate surface area is 76.9 Å². The summed E-state index contributed by atoms with van der Waals surface area (Å²) in [6.07, 6.45) is -0.897. The van der Waals surface area contributed by atoms with Crippen LogP contribution in [0.15, 0.2) is 0 Å². The topological polar surface area (TPSA) is 49.3 Å². The molecule has 1 aliphatic rings. The number of aliphatic hydroxyl groups excluding tert-OH is 1. The summed E-state index contributed by atoms with van der Waals surface area (Å²) in [6, 6.07) is 0.213. The Morgan fingerprint density at radius 3 is 2.58 bits per heavy atom. The molecule has 0 aromatic rings. The van der Waals surface area contributed by atoms with Gasteiger partial charge in [-0.05, 0) is 20.8 Å². The molecule has 2 N–H and O–H groups in total. The lowest BCUT2D eigenvalue weighted by molar-refractivity contribution is -0.129. The molecule has 1 heterocycles. The Balaban J connectivity index is 2.38. The van der Waals surface area contributed by atoms with Gasteiger partial charge in [0.15, 0.2) is 0 Å². The van der Waals surface area contributed by atoms with Crippen molar-refractivity contribution in [1.82, 2.24) is 5.32 Å². The van der Waals surface area contributed by atoms with Gasteiger partial charge in [-0.15, -0.1) is 0 Å². The molecule has 0 saturated carbocycles. The SMILES string of the molecule is C[C@@H](O)C(=O)NC1CSC1(C)C. The molecule has 0 aliphatic carbocycles. The van der Waals surface area contributed by atoms with Crippen molar-refractivity contribution in [1.29, 1.82) is 0 Å². The second-order valence-electron chi connectivity index (χ2n) is 3.65. The molecule has 1 unspecified atom stereocenters. The summed E-state index contributed by atoms with van der Waals surface area (Å²) in [5.74, 6) is 0.680. The Kier molecular flexibility index (Phi) is 2.68. The summed E-state index contributed by atoms with van der Waals surface area (Å²) in [5, 5.41) is 11.7. The molecule has 12 heavy (non-hydrogen) atoms. The molecule has 3 nitrogen and oxygen atoms in total. The highest BCUT2D eigenvalue weighted by molar-refractivity contribution is 8.02. The quantitative estimate of drug-likeness (QED) is 0.660. The number of hydrogen-bond donors (Lipinski definition) is 2.